The van der Waals surface area contributed by atoms with Crippen molar-refractivity contribution < 1.29 is 4.42 Å². The lowest BCUT2D eigenvalue weighted by atomic mass is 9.96. The maximum atomic E-state index is 6.27. The summed E-state index contributed by atoms with van der Waals surface area (Å²) in [5.41, 5.74) is 12.4. The molecule has 0 amide bonds. The third-order valence-electron chi connectivity index (χ3n) is 9.49. The van der Waals surface area contributed by atoms with Gasteiger partial charge in [-0.1, -0.05) is 152 Å². The van der Waals surface area contributed by atoms with E-state index >= 15 is 0 Å². The van der Waals surface area contributed by atoms with E-state index in [-0.39, 0.29) is 0 Å². The van der Waals surface area contributed by atoms with Crippen molar-refractivity contribution in [2.24, 2.45) is 0 Å². The first-order chi connectivity index (χ1) is 24.8. The fraction of sp³-hybridized carbons (Fsp3) is 0. The molecule has 0 saturated heterocycles. The molecular weight excluding hydrogens is 607 g/mol. The molecule has 50 heavy (non-hydrogen) atoms. The summed E-state index contributed by atoms with van der Waals surface area (Å²) in [4.78, 5) is 2.31. The molecule has 0 N–H and O–H groups in total. The van der Waals surface area contributed by atoms with Crippen molar-refractivity contribution in [3.8, 4) is 44.7 Å². The van der Waals surface area contributed by atoms with Gasteiger partial charge >= 0.3 is 0 Å². The van der Waals surface area contributed by atoms with Crippen LogP contribution in [0.15, 0.2) is 205 Å². The van der Waals surface area contributed by atoms with Crippen LogP contribution in [-0.2, 0) is 0 Å². The molecule has 236 valence electrons. The molecule has 0 aliphatic rings. The molecule has 8 aromatic carbocycles. The normalized spacial score (nSPS) is 11.2. The van der Waals surface area contributed by atoms with E-state index in [1.807, 2.05) is 18.2 Å². The highest BCUT2D eigenvalue weighted by Crippen LogP contribution is 2.39. The lowest BCUT2D eigenvalue weighted by molar-refractivity contribution is 0.631. The quantitative estimate of drug-likeness (QED) is 0.173. The van der Waals surface area contributed by atoms with Crippen molar-refractivity contribution in [2.45, 2.75) is 0 Å². The van der Waals surface area contributed by atoms with Gasteiger partial charge in [0, 0.05) is 28.0 Å². The summed E-state index contributed by atoms with van der Waals surface area (Å²) in [6, 6.07) is 71.1. The molecule has 1 aromatic heterocycles. The average molecular weight is 640 g/mol. The number of benzene rings is 8. The monoisotopic (exact) mass is 639 g/mol. The number of fused-ring (bicyclic) bond motifs is 2. The minimum absolute atomic E-state index is 0.856. The molecule has 0 spiro atoms. The number of nitrogens with zero attached hydrogens (tertiary/aromatic N) is 1. The third-order valence-corrected chi connectivity index (χ3v) is 9.49. The van der Waals surface area contributed by atoms with Crippen LogP contribution in [0.3, 0.4) is 0 Å². The van der Waals surface area contributed by atoms with Crippen molar-refractivity contribution in [3.63, 3.8) is 0 Å². The van der Waals surface area contributed by atoms with Crippen LogP contribution in [0.5, 0.6) is 0 Å². The van der Waals surface area contributed by atoms with Gasteiger partial charge in [-0.3, -0.25) is 0 Å². The Bertz CT molecular complexity index is 2530. The second-order valence-corrected chi connectivity index (χ2v) is 12.6. The number of hydrogen-bond donors (Lipinski definition) is 0. The van der Waals surface area contributed by atoms with Gasteiger partial charge in [0.25, 0.3) is 0 Å². The maximum absolute atomic E-state index is 6.27. The molecule has 0 saturated carbocycles. The van der Waals surface area contributed by atoms with Gasteiger partial charge < -0.3 is 9.32 Å². The Kier molecular flexibility index (Phi) is 7.53. The minimum atomic E-state index is 0.856. The lowest BCUT2D eigenvalue weighted by Crippen LogP contribution is -2.10. The summed E-state index contributed by atoms with van der Waals surface area (Å²) in [6.07, 6.45) is 0. The molecule has 0 atom stereocenters. The zero-order valence-corrected chi connectivity index (χ0v) is 27.4. The van der Waals surface area contributed by atoms with Crippen LogP contribution in [0.1, 0.15) is 0 Å². The maximum Gasteiger partial charge on any atom is 0.135 e. The SMILES string of the molecule is c1ccc(-c2ccc(N(c3ccc(-c4ccc(-c5cccc6ccccc56)cc4)cc3)c3cccc(-c4cc5ccccc5o4)c3)cc2)cc1. The summed E-state index contributed by atoms with van der Waals surface area (Å²) in [5, 5.41) is 3.63. The summed E-state index contributed by atoms with van der Waals surface area (Å²) < 4.78 is 6.27. The Morgan fingerprint density at radius 1 is 0.320 bits per heavy atom. The van der Waals surface area contributed by atoms with E-state index in [4.69, 9.17) is 4.42 Å². The Morgan fingerprint density at radius 2 is 0.840 bits per heavy atom. The second kappa shape index (κ2) is 12.8. The molecule has 0 unspecified atom stereocenters. The van der Waals surface area contributed by atoms with Crippen molar-refractivity contribution in [1.29, 1.82) is 0 Å². The topological polar surface area (TPSA) is 16.4 Å². The molecule has 2 nitrogen and oxygen atoms in total. The Morgan fingerprint density at radius 3 is 1.54 bits per heavy atom. The molecule has 0 fully saturated rings. The van der Waals surface area contributed by atoms with Gasteiger partial charge in [0.05, 0.1) is 0 Å². The van der Waals surface area contributed by atoms with Gasteiger partial charge in [-0.15, -0.1) is 0 Å². The van der Waals surface area contributed by atoms with Gasteiger partial charge in [0.2, 0.25) is 0 Å². The molecule has 1 heterocycles. The number of furan rings is 1. The van der Waals surface area contributed by atoms with E-state index in [1.165, 1.54) is 44.2 Å². The van der Waals surface area contributed by atoms with E-state index in [0.717, 1.165) is 39.4 Å². The van der Waals surface area contributed by atoms with Gasteiger partial charge in [-0.25, -0.2) is 0 Å². The van der Waals surface area contributed by atoms with Crippen LogP contribution in [-0.4, -0.2) is 0 Å². The first-order valence-electron chi connectivity index (χ1n) is 17.0. The van der Waals surface area contributed by atoms with Crippen LogP contribution >= 0.6 is 0 Å². The lowest BCUT2D eigenvalue weighted by Gasteiger charge is -2.26. The van der Waals surface area contributed by atoms with Crippen molar-refractivity contribution in [3.05, 3.63) is 200 Å². The summed E-state index contributed by atoms with van der Waals surface area (Å²) in [7, 11) is 0. The van der Waals surface area contributed by atoms with Crippen molar-refractivity contribution in [2.75, 3.05) is 4.90 Å². The smallest absolute Gasteiger partial charge is 0.135 e. The van der Waals surface area contributed by atoms with E-state index in [0.29, 0.717) is 0 Å². The summed E-state index contributed by atoms with van der Waals surface area (Å²) in [5.74, 6) is 0.856. The third kappa shape index (κ3) is 5.63. The van der Waals surface area contributed by atoms with Crippen LogP contribution in [0.4, 0.5) is 17.1 Å². The molecule has 0 aliphatic carbocycles. The predicted octanol–water partition coefficient (Wildman–Crippen LogP) is 13.7. The fourth-order valence-electron chi connectivity index (χ4n) is 6.93. The van der Waals surface area contributed by atoms with Crippen LogP contribution in [0.2, 0.25) is 0 Å². The van der Waals surface area contributed by atoms with Gasteiger partial charge in [0.15, 0.2) is 0 Å². The molecule has 0 radical (unpaired) electrons. The predicted molar refractivity (Wildman–Crippen MR) is 210 cm³/mol. The summed E-state index contributed by atoms with van der Waals surface area (Å²) >= 11 is 0. The number of hydrogen-bond acceptors (Lipinski definition) is 2. The molecule has 9 rings (SSSR count). The Hall–Kier alpha value is -6.64. The zero-order chi connectivity index (χ0) is 33.3. The molecule has 0 bridgehead atoms. The average Bonchev–Trinajstić information content (AvgIpc) is 3.64. The molecule has 2 heteroatoms. The first-order valence-corrected chi connectivity index (χ1v) is 17.0. The largest absolute Gasteiger partial charge is 0.456 e. The van der Waals surface area contributed by atoms with Crippen molar-refractivity contribution in [1.82, 2.24) is 0 Å². The van der Waals surface area contributed by atoms with Crippen LogP contribution in [0.25, 0.3) is 66.4 Å². The zero-order valence-electron chi connectivity index (χ0n) is 27.4. The summed E-state index contributed by atoms with van der Waals surface area (Å²) in [6.45, 7) is 0. The molecule has 9 aromatic rings. The second-order valence-electron chi connectivity index (χ2n) is 12.6. The Balaban J connectivity index is 1.07. The highest BCUT2D eigenvalue weighted by atomic mass is 16.3. The van der Waals surface area contributed by atoms with Gasteiger partial charge in [-0.2, -0.15) is 0 Å². The van der Waals surface area contributed by atoms with Crippen molar-refractivity contribution >= 4 is 38.8 Å². The first kappa shape index (κ1) is 29.5. The highest BCUT2D eigenvalue weighted by Gasteiger charge is 2.16. The highest BCUT2D eigenvalue weighted by molar-refractivity contribution is 5.97. The van der Waals surface area contributed by atoms with Gasteiger partial charge in [0.1, 0.15) is 11.3 Å². The number of para-hydroxylation sites is 1. The number of anilines is 3. The van der Waals surface area contributed by atoms with E-state index in [1.54, 1.807) is 0 Å². The molecule has 0 aliphatic heterocycles. The van der Waals surface area contributed by atoms with Crippen LogP contribution in [0, 0.1) is 0 Å². The fourth-order valence-corrected chi connectivity index (χ4v) is 6.93. The van der Waals surface area contributed by atoms with E-state index < -0.39 is 0 Å². The minimum Gasteiger partial charge on any atom is -0.456 e. The standard InChI is InChI=1S/C48H33NO/c1-2-10-34(11-3-1)36-24-28-42(29-25-36)49(44-16-8-15-40(32-44)48-33-41-13-5-7-19-47(41)50-48)43-30-26-37(27-31-43)35-20-22-39(23-21-35)46-18-9-14-38-12-4-6-17-45(38)46/h1-33H. The number of rotatable bonds is 7. The molecular formula is C48H33NO. The van der Waals surface area contributed by atoms with Gasteiger partial charge in [-0.05, 0) is 92.7 Å². The Labute approximate surface area is 292 Å². The van der Waals surface area contributed by atoms with E-state index in [2.05, 4.69) is 187 Å². The van der Waals surface area contributed by atoms with E-state index in [9.17, 15) is 0 Å². The van der Waals surface area contributed by atoms with Crippen LogP contribution < -0.4 is 4.90 Å².